The van der Waals surface area contributed by atoms with Gasteiger partial charge in [0.2, 0.25) is 0 Å². The van der Waals surface area contributed by atoms with Gasteiger partial charge in [0.25, 0.3) is 11.5 Å². The third-order valence-corrected chi connectivity index (χ3v) is 3.28. The Morgan fingerprint density at radius 1 is 1.25 bits per heavy atom. The lowest BCUT2D eigenvalue weighted by atomic mass is 10.2. The molecule has 1 heterocycles. The molecular formula is C13H11Cl2N3O2. The second kappa shape index (κ2) is 5.64. The number of nitrogens with zero attached hydrogens (tertiary/aromatic N) is 1. The number of amides is 1. The highest BCUT2D eigenvalue weighted by molar-refractivity contribution is 6.40. The molecule has 104 valence electrons. The number of nitrogens with one attached hydrogen (secondary N) is 2. The van der Waals surface area contributed by atoms with E-state index in [0.29, 0.717) is 21.6 Å². The molecule has 0 bridgehead atoms. The number of halogens is 2. The molecule has 1 amide bonds. The van der Waals surface area contributed by atoms with Crippen molar-refractivity contribution in [3.8, 4) is 0 Å². The monoisotopic (exact) mass is 311 g/mol. The van der Waals surface area contributed by atoms with E-state index in [1.807, 2.05) is 0 Å². The minimum Gasteiger partial charge on any atom is -0.319 e. The molecule has 1 aromatic heterocycles. The maximum absolute atomic E-state index is 12.2. The number of carbonyl (C=O) groups excluding carboxylic acids is 1. The van der Waals surface area contributed by atoms with E-state index in [1.54, 1.807) is 32.0 Å². The summed E-state index contributed by atoms with van der Waals surface area (Å²) in [6.45, 7) is 3.23. The second-order valence-corrected chi connectivity index (χ2v) is 4.98. The first-order valence-corrected chi connectivity index (χ1v) is 6.48. The second-order valence-electron chi connectivity index (χ2n) is 4.16. The zero-order chi connectivity index (χ0) is 14.9. The Kier molecular flexibility index (Phi) is 4.11. The molecule has 0 aliphatic carbocycles. The average molecular weight is 312 g/mol. The van der Waals surface area contributed by atoms with Gasteiger partial charge in [-0.25, -0.2) is 4.98 Å². The highest BCUT2D eigenvalue weighted by Crippen LogP contribution is 2.30. The van der Waals surface area contributed by atoms with Gasteiger partial charge in [-0.3, -0.25) is 9.59 Å². The molecule has 2 aromatic rings. The Bertz CT molecular complexity index is 721. The number of H-pyrrole nitrogens is 1. The van der Waals surface area contributed by atoms with Gasteiger partial charge in [-0.1, -0.05) is 29.3 Å². The topological polar surface area (TPSA) is 74.8 Å². The van der Waals surface area contributed by atoms with Crippen LogP contribution in [0.3, 0.4) is 0 Å². The highest BCUT2D eigenvalue weighted by Gasteiger charge is 2.18. The van der Waals surface area contributed by atoms with Crippen LogP contribution in [0.15, 0.2) is 23.0 Å². The van der Waals surface area contributed by atoms with E-state index in [4.69, 9.17) is 23.2 Å². The molecule has 0 aliphatic rings. The average Bonchev–Trinajstić information content (AvgIpc) is 2.32. The number of para-hydroxylation sites is 1. The predicted molar refractivity (Wildman–Crippen MR) is 78.7 cm³/mol. The van der Waals surface area contributed by atoms with Crippen LogP contribution in [0.1, 0.15) is 21.9 Å². The van der Waals surface area contributed by atoms with Crippen LogP contribution in [-0.4, -0.2) is 15.9 Å². The van der Waals surface area contributed by atoms with Crippen LogP contribution in [0.2, 0.25) is 10.0 Å². The molecule has 2 rings (SSSR count). The molecule has 1 aromatic carbocycles. The number of benzene rings is 1. The Morgan fingerprint density at radius 2 is 1.85 bits per heavy atom. The Balaban J connectivity index is 2.42. The maximum atomic E-state index is 12.2. The van der Waals surface area contributed by atoms with Crippen molar-refractivity contribution in [2.75, 3.05) is 5.32 Å². The van der Waals surface area contributed by atoms with Gasteiger partial charge in [0, 0.05) is 0 Å². The van der Waals surface area contributed by atoms with Crippen molar-refractivity contribution in [2.45, 2.75) is 13.8 Å². The lowest BCUT2D eigenvalue weighted by Crippen LogP contribution is -2.26. The van der Waals surface area contributed by atoms with Crippen LogP contribution in [0, 0.1) is 13.8 Å². The molecule has 0 unspecified atom stereocenters. The summed E-state index contributed by atoms with van der Waals surface area (Å²) in [5.74, 6) is -0.161. The van der Waals surface area contributed by atoms with Crippen molar-refractivity contribution < 1.29 is 4.79 Å². The summed E-state index contributed by atoms with van der Waals surface area (Å²) in [6, 6.07) is 4.84. The first-order valence-electron chi connectivity index (χ1n) is 5.73. The van der Waals surface area contributed by atoms with E-state index in [9.17, 15) is 9.59 Å². The standard InChI is InChI=1S/C13H11Cl2N3O2/c1-6-10(12(19)17-7(2)16-6)13(20)18-11-8(14)4-3-5-9(11)15/h3-5H,1-2H3,(H,18,20)(H,16,17,19). The molecule has 0 saturated carbocycles. The van der Waals surface area contributed by atoms with Gasteiger partial charge in [-0.2, -0.15) is 0 Å². The van der Waals surface area contributed by atoms with Gasteiger partial charge in [0.15, 0.2) is 0 Å². The van der Waals surface area contributed by atoms with Gasteiger partial charge >= 0.3 is 0 Å². The highest BCUT2D eigenvalue weighted by atomic mass is 35.5. The molecule has 0 aliphatic heterocycles. The van der Waals surface area contributed by atoms with Crippen LogP contribution in [0.4, 0.5) is 5.69 Å². The fourth-order valence-electron chi connectivity index (χ4n) is 1.79. The molecule has 20 heavy (non-hydrogen) atoms. The third-order valence-electron chi connectivity index (χ3n) is 2.65. The summed E-state index contributed by atoms with van der Waals surface area (Å²) in [5.41, 5.74) is 0.0365. The lowest BCUT2D eigenvalue weighted by molar-refractivity contribution is 0.102. The summed E-state index contributed by atoms with van der Waals surface area (Å²) < 4.78 is 0. The maximum Gasteiger partial charge on any atom is 0.264 e. The van der Waals surface area contributed by atoms with Gasteiger partial charge in [0.1, 0.15) is 11.4 Å². The normalized spacial score (nSPS) is 10.4. The Labute approximate surface area is 125 Å². The van der Waals surface area contributed by atoms with Crippen molar-refractivity contribution in [1.29, 1.82) is 0 Å². The van der Waals surface area contributed by atoms with Crippen LogP contribution in [0.25, 0.3) is 0 Å². The van der Waals surface area contributed by atoms with Crippen LogP contribution in [0.5, 0.6) is 0 Å². The molecule has 0 atom stereocenters. The molecule has 0 spiro atoms. The minimum atomic E-state index is -0.605. The molecular weight excluding hydrogens is 301 g/mol. The molecule has 5 nitrogen and oxygen atoms in total. The van der Waals surface area contributed by atoms with E-state index in [-0.39, 0.29) is 11.3 Å². The number of carbonyl (C=O) groups is 1. The summed E-state index contributed by atoms with van der Waals surface area (Å²) in [4.78, 5) is 30.6. The van der Waals surface area contributed by atoms with Crippen molar-refractivity contribution >= 4 is 34.8 Å². The molecule has 0 saturated heterocycles. The number of anilines is 1. The molecule has 2 N–H and O–H groups in total. The van der Waals surface area contributed by atoms with Gasteiger partial charge in [-0.15, -0.1) is 0 Å². The quantitative estimate of drug-likeness (QED) is 0.895. The Hall–Kier alpha value is -1.85. The van der Waals surface area contributed by atoms with E-state index < -0.39 is 11.5 Å². The van der Waals surface area contributed by atoms with Crippen LogP contribution in [-0.2, 0) is 0 Å². The number of aromatic nitrogens is 2. The smallest absolute Gasteiger partial charge is 0.264 e. The number of aromatic amines is 1. The summed E-state index contributed by atoms with van der Waals surface area (Å²) in [5, 5.41) is 3.12. The molecule has 0 fully saturated rings. The zero-order valence-corrected chi connectivity index (χ0v) is 12.3. The Morgan fingerprint density at radius 3 is 2.40 bits per heavy atom. The van der Waals surface area contributed by atoms with Gasteiger partial charge in [-0.05, 0) is 26.0 Å². The minimum absolute atomic E-state index is 0.0633. The van der Waals surface area contributed by atoms with E-state index in [0.717, 1.165) is 0 Å². The van der Waals surface area contributed by atoms with Crippen molar-refractivity contribution in [2.24, 2.45) is 0 Å². The summed E-state index contributed by atoms with van der Waals surface area (Å²) in [6.07, 6.45) is 0. The van der Waals surface area contributed by atoms with Crippen molar-refractivity contribution in [3.63, 3.8) is 0 Å². The molecule has 7 heteroatoms. The van der Waals surface area contributed by atoms with E-state index in [1.165, 1.54) is 0 Å². The van der Waals surface area contributed by atoms with Gasteiger partial charge in [0.05, 0.1) is 21.4 Å². The number of hydrogen-bond acceptors (Lipinski definition) is 3. The van der Waals surface area contributed by atoms with Crippen LogP contribution >= 0.6 is 23.2 Å². The van der Waals surface area contributed by atoms with E-state index in [2.05, 4.69) is 15.3 Å². The number of rotatable bonds is 2. The van der Waals surface area contributed by atoms with Crippen molar-refractivity contribution in [3.05, 3.63) is 55.7 Å². The third kappa shape index (κ3) is 2.84. The molecule has 0 radical (unpaired) electrons. The van der Waals surface area contributed by atoms with Crippen molar-refractivity contribution in [1.82, 2.24) is 9.97 Å². The largest absolute Gasteiger partial charge is 0.319 e. The number of hydrogen-bond donors (Lipinski definition) is 2. The number of aryl methyl sites for hydroxylation is 2. The fourth-order valence-corrected chi connectivity index (χ4v) is 2.28. The first kappa shape index (κ1) is 14.6. The zero-order valence-electron chi connectivity index (χ0n) is 10.8. The summed E-state index contributed by atoms with van der Waals surface area (Å²) >= 11 is 11.9. The first-order chi connectivity index (χ1) is 9.40. The fraction of sp³-hybridized carbons (Fsp3) is 0.154. The van der Waals surface area contributed by atoms with Gasteiger partial charge < -0.3 is 10.3 Å². The predicted octanol–water partition coefficient (Wildman–Crippen LogP) is 2.95. The lowest BCUT2D eigenvalue weighted by Gasteiger charge is -2.10. The van der Waals surface area contributed by atoms with Crippen LogP contribution < -0.4 is 10.9 Å². The summed E-state index contributed by atoms with van der Waals surface area (Å²) in [7, 11) is 0. The SMILES string of the molecule is Cc1nc(C)c(C(=O)Nc2c(Cl)cccc2Cl)c(=O)[nH]1. The van der Waals surface area contributed by atoms with E-state index >= 15 is 0 Å².